The van der Waals surface area contributed by atoms with Gasteiger partial charge in [-0.15, -0.1) is 0 Å². The lowest BCUT2D eigenvalue weighted by Crippen LogP contribution is -2.69. The third-order valence-electron chi connectivity index (χ3n) is 7.10. The number of benzene rings is 1. The van der Waals surface area contributed by atoms with E-state index in [1.165, 1.54) is 0 Å². The molecule has 2 bridgehead atoms. The molecule has 2 aromatic heterocycles. The van der Waals surface area contributed by atoms with Gasteiger partial charge in [0.1, 0.15) is 12.4 Å². The summed E-state index contributed by atoms with van der Waals surface area (Å²) in [4.78, 5) is 23.7. The molecule has 0 saturated heterocycles. The molecule has 0 spiro atoms. The van der Waals surface area contributed by atoms with Gasteiger partial charge in [0.05, 0.1) is 47.3 Å². The second kappa shape index (κ2) is 8.27. The van der Waals surface area contributed by atoms with E-state index in [1.54, 1.807) is 17.0 Å². The largest absolute Gasteiger partial charge is 0.491 e. The van der Waals surface area contributed by atoms with Crippen molar-refractivity contribution < 1.29 is 9.53 Å². The van der Waals surface area contributed by atoms with Gasteiger partial charge < -0.3 is 20.7 Å². The fourth-order valence-corrected chi connectivity index (χ4v) is 5.86. The first-order valence-electron chi connectivity index (χ1n) is 11.6. The topological polar surface area (TPSA) is 111 Å². The van der Waals surface area contributed by atoms with E-state index in [1.807, 2.05) is 23.9 Å². The fourth-order valence-electron chi connectivity index (χ4n) is 5.29. The molecule has 9 nitrogen and oxygen atoms in total. The van der Waals surface area contributed by atoms with Crippen molar-refractivity contribution in [3.05, 3.63) is 51.4 Å². The van der Waals surface area contributed by atoms with E-state index in [4.69, 9.17) is 33.7 Å². The van der Waals surface area contributed by atoms with Gasteiger partial charge in [-0.25, -0.2) is 14.8 Å². The number of rotatable bonds is 6. The molecule has 3 fully saturated rings. The Kier molecular flexibility index (Phi) is 5.30. The summed E-state index contributed by atoms with van der Waals surface area (Å²) in [6.07, 6.45) is 5.14. The lowest BCUT2D eigenvalue weighted by atomic mass is 9.50. The van der Waals surface area contributed by atoms with Crippen molar-refractivity contribution in [1.29, 1.82) is 0 Å². The highest BCUT2D eigenvalue weighted by Gasteiger charge is 2.57. The highest BCUT2D eigenvalue weighted by Crippen LogP contribution is 2.57. The Bertz CT molecular complexity index is 1320. The Balaban J connectivity index is 1.28. The van der Waals surface area contributed by atoms with Gasteiger partial charge in [0, 0.05) is 22.3 Å². The van der Waals surface area contributed by atoms with Crippen molar-refractivity contribution in [3.8, 4) is 17.0 Å². The summed E-state index contributed by atoms with van der Waals surface area (Å²) in [5.41, 5.74) is 9.67. The molecule has 7 rings (SSSR count). The van der Waals surface area contributed by atoms with Gasteiger partial charge in [0.15, 0.2) is 0 Å². The number of aryl methyl sites for hydroxylation is 1. The number of carbonyl (C=O) groups excluding carboxylic acids is 1. The number of hydrogen-bond acceptors (Lipinski definition) is 6. The van der Waals surface area contributed by atoms with Crippen molar-refractivity contribution in [2.75, 3.05) is 12.3 Å². The zero-order valence-corrected chi connectivity index (χ0v) is 20.7. The molecule has 4 aliphatic rings. The molecule has 0 radical (unpaired) electrons. The summed E-state index contributed by atoms with van der Waals surface area (Å²) in [6, 6.07) is 5.21. The molecule has 1 aliphatic heterocycles. The molecular weight excluding hydrogens is 489 g/mol. The first kappa shape index (κ1) is 22.4. The van der Waals surface area contributed by atoms with E-state index in [0.717, 1.165) is 36.4 Å². The van der Waals surface area contributed by atoms with E-state index in [0.29, 0.717) is 59.0 Å². The molecule has 0 atom stereocenters. The molecule has 2 amide bonds. The Hall–Kier alpha value is -3.04. The van der Waals surface area contributed by atoms with Gasteiger partial charge in [-0.05, 0) is 50.3 Å². The summed E-state index contributed by atoms with van der Waals surface area (Å²) in [7, 11) is 0. The van der Waals surface area contributed by atoms with Crippen molar-refractivity contribution in [3.63, 3.8) is 0 Å². The monoisotopic (exact) mass is 513 g/mol. The molecule has 3 aliphatic carbocycles. The normalized spacial score (nSPS) is 21.8. The SMILES string of the molecule is Cc1ccn(CCOc2cc(Cl)cc(Cl)c2-c2nc(N)nc3c2CN(C(=O)NC24CC(C2)C4)C3)n1. The van der Waals surface area contributed by atoms with Gasteiger partial charge in [-0.2, -0.15) is 5.10 Å². The van der Waals surface area contributed by atoms with Crippen LogP contribution in [0, 0.1) is 12.8 Å². The summed E-state index contributed by atoms with van der Waals surface area (Å²) < 4.78 is 7.92. The number of nitrogens with two attached hydrogens (primary N) is 1. The maximum atomic E-state index is 13.0. The predicted molar refractivity (Wildman–Crippen MR) is 132 cm³/mol. The summed E-state index contributed by atoms with van der Waals surface area (Å²) >= 11 is 13.0. The number of halogens is 2. The van der Waals surface area contributed by atoms with Crippen molar-refractivity contribution in [2.24, 2.45) is 5.92 Å². The molecule has 11 heteroatoms. The number of anilines is 1. The standard InChI is InChI=1S/C24H25Cl2N7O2/c1-13-2-3-33(31-13)4-5-35-19-7-15(25)6-17(26)20(19)21-16-11-32(12-18(16)28-22(27)29-21)23(34)30-24-8-14(9-24)10-24/h2-3,6-7,14H,4-5,8-12H2,1H3,(H,30,34)(H2,27,28,29). The number of nitrogen functional groups attached to an aromatic ring is 1. The van der Waals surface area contributed by atoms with E-state index in [9.17, 15) is 4.79 Å². The van der Waals surface area contributed by atoms with Gasteiger partial charge in [0.25, 0.3) is 0 Å². The molecule has 3 N–H and O–H groups in total. The van der Waals surface area contributed by atoms with Gasteiger partial charge in [-0.1, -0.05) is 23.2 Å². The second-order valence-corrected chi connectivity index (χ2v) is 10.6. The molecule has 3 aromatic rings. The summed E-state index contributed by atoms with van der Waals surface area (Å²) in [5.74, 6) is 1.39. The van der Waals surface area contributed by atoms with Crippen molar-refractivity contribution >= 4 is 35.2 Å². The molecule has 182 valence electrons. The van der Waals surface area contributed by atoms with Crippen LogP contribution in [-0.2, 0) is 19.6 Å². The van der Waals surface area contributed by atoms with E-state index in [2.05, 4.69) is 20.4 Å². The lowest BCUT2D eigenvalue weighted by Gasteiger charge is -2.61. The number of nitrogens with one attached hydrogen (secondary N) is 1. The number of amides is 2. The van der Waals surface area contributed by atoms with Gasteiger partial charge in [-0.3, -0.25) is 4.68 Å². The third kappa shape index (κ3) is 4.06. The smallest absolute Gasteiger partial charge is 0.318 e. The fraction of sp³-hybridized carbons (Fsp3) is 0.417. The maximum Gasteiger partial charge on any atom is 0.318 e. The van der Waals surface area contributed by atoms with Crippen LogP contribution in [0.3, 0.4) is 0 Å². The number of fused-ring (bicyclic) bond motifs is 1. The number of urea groups is 1. The van der Waals surface area contributed by atoms with Crippen LogP contribution in [0.4, 0.5) is 10.7 Å². The first-order chi connectivity index (χ1) is 16.8. The number of carbonyl (C=O) groups is 1. The highest BCUT2D eigenvalue weighted by molar-refractivity contribution is 6.37. The van der Waals surface area contributed by atoms with Gasteiger partial charge in [0.2, 0.25) is 5.95 Å². The average Bonchev–Trinajstić information content (AvgIpc) is 3.35. The molecule has 0 unspecified atom stereocenters. The minimum Gasteiger partial charge on any atom is -0.491 e. The molecule has 3 saturated carbocycles. The molecule has 35 heavy (non-hydrogen) atoms. The minimum atomic E-state index is -0.0844. The van der Waals surface area contributed by atoms with E-state index >= 15 is 0 Å². The zero-order valence-electron chi connectivity index (χ0n) is 19.2. The Morgan fingerprint density at radius 2 is 2.06 bits per heavy atom. The van der Waals surface area contributed by atoms with Crippen molar-refractivity contribution in [1.82, 2.24) is 30.0 Å². The van der Waals surface area contributed by atoms with Crippen LogP contribution in [0.1, 0.15) is 36.2 Å². The number of aromatic nitrogens is 4. The van der Waals surface area contributed by atoms with Crippen LogP contribution in [0.2, 0.25) is 10.0 Å². The van der Waals surface area contributed by atoms with Crippen LogP contribution in [0.25, 0.3) is 11.3 Å². The van der Waals surface area contributed by atoms with Crippen LogP contribution in [-0.4, -0.2) is 42.8 Å². The van der Waals surface area contributed by atoms with Crippen LogP contribution in [0.15, 0.2) is 24.4 Å². The number of ether oxygens (including phenoxy) is 1. The summed E-state index contributed by atoms with van der Waals surface area (Å²) in [5, 5.41) is 8.43. The third-order valence-corrected chi connectivity index (χ3v) is 7.62. The molecule has 3 heterocycles. The van der Waals surface area contributed by atoms with E-state index in [-0.39, 0.29) is 17.5 Å². The highest BCUT2D eigenvalue weighted by atomic mass is 35.5. The Morgan fingerprint density at radius 3 is 2.74 bits per heavy atom. The Morgan fingerprint density at radius 1 is 1.26 bits per heavy atom. The predicted octanol–water partition coefficient (Wildman–Crippen LogP) is 4.19. The number of hydrogen-bond donors (Lipinski definition) is 2. The molecular formula is C24H25Cl2N7O2. The zero-order chi connectivity index (χ0) is 24.3. The van der Waals surface area contributed by atoms with Crippen LogP contribution >= 0.6 is 23.2 Å². The average molecular weight is 514 g/mol. The molecule has 1 aromatic carbocycles. The summed E-state index contributed by atoms with van der Waals surface area (Å²) in [6.45, 7) is 3.56. The van der Waals surface area contributed by atoms with E-state index < -0.39 is 0 Å². The van der Waals surface area contributed by atoms with Crippen LogP contribution in [0.5, 0.6) is 5.75 Å². The lowest BCUT2D eigenvalue weighted by molar-refractivity contribution is -0.0434. The van der Waals surface area contributed by atoms with Crippen molar-refractivity contribution in [2.45, 2.75) is 51.4 Å². The Labute approximate surface area is 212 Å². The second-order valence-electron chi connectivity index (χ2n) is 9.73. The quantitative estimate of drug-likeness (QED) is 0.510. The maximum absolute atomic E-state index is 13.0. The minimum absolute atomic E-state index is 0.00231. The first-order valence-corrected chi connectivity index (χ1v) is 12.4. The number of nitrogens with zero attached hydrogens (tertiary/aromatic N) is 5. The van der Waals surface area contributed by atoms with Gasteiger partial charge >= 0.3 is 6.03 Å². The van der Waals surface area contributed by atoms with Crippen LogP contribution < -0.4 is 15.8 Å².